The van der Waals surface area contributed by atoms with Crippen molar-refractivity contribution in [3.8, 4) is 24.3 Å². The lowest BCUT2D eigenvalue weighted by molar-refractivity contribution is -0.670. The van der Waals surface area contributed by atoms with E-state index in [0.29, 0.717) is 0 Å². The number of sulfonamides is 2. The van der Waals surface area contributed by atoms with Crippen LogP contribution in [0.4, 0.5) is 13.2 Å². The van der Waals surface area contributed by atoms with Gasteiger partial charge in [0.1, 0.15) is 18.4 Å². The highest BCUT2D eigenvalue weighted by atomic mass is 32.3. The summed E-state index contributed by atoms with van der Waals surface area (Å²) in [4.78, 5) is 0. The van der Waals surface area contributed by atoms with Crippen molar-refractivity contribution >= 4 is 20.0 Å². The average Bonchev–Trinajstić information content (AvgIpc) is 2.68. The lowest BCUT2D eigenvalue weighted by atomic mass is 10.7. The predicted octanol–water partition coefficient (Wildman–Crippen LogP) is -0.0759. The minimum Gasteiger partial charge on any atom is -0.429 e. The fourth-order valence-corrected chi connectivity index (χ4v) is 2.60. The Labute approximate surface area is 125 Å². The second-order valence-electron chi connectivity index (χ2n) is 3.60. The highest BCUT2D eigenvalue weighted by molar-refractivity contribution is 8.12. The molecule has 1 heterocycles. The number of nitrogens with zero attached hydrogens (tertiary/aromatic N) is 3. The van der Waals surface area contributed by atoms with Gasteiger partial charge in [0.05, 0.1) is 17.1 Å². The molecular formula is C10H10F3N3O4S2. The van der Waals surface area contributed by atoms with Gasteiger partial charge in [-0.3, -0.25) is 0 Å². The molecule has 7 nitrogen and oxygen atoms in total. The van der Waals surface area contributed by atoms with Crippen molar-refractivity contribution in [1.82, 2.24) is 4.57 Å². The fourth-order valence-electron chi connectivity index (χ4n) is 0.834. The quantitative estimate of drug-likeness (QED) is 0.547. The highest BCUT2D eigenvalue weighted by Gasteiger charge is 2.39. The standard InChI is InChI=1S/C8H7N2.C2H3F3NO4S2/c1-3-4-5-10-7-6-9(2)8-10;1-11(7,8)6-12(9,10)2(3,4)5/h1,6-8H,2H3;1H3/q+1;-1. The third-order valence-corrected chi connectivity index (χ3v) is 4.01. The molecule has 0 aromatic carbocycles. The Morgan fingerprint density at radius 3 is 2.09 bits per heavy atom. The van der Waals surface area contributed by atoms with E-state index in [4.69, 9.17) is 6.42 Å². The van der Waals surface area contributed by atoms with Gasteiger partial charge in [0.2, 0.25) is 0 Å². The number of alkyl halides is 3. The Morgan fingerprint density at radius 2 is 1.82 bits per heavy atom. The van der Waals surface area contributed by atoms with E-state index in [0.717, 1.165) is 0 Å². The van der Waals surface area contributed by atoms with Crippen molar-refractivity contribution in [3.63, 3.8) is 0 Å². The van der Waals surface area contributed by atoms with Gasteiger partial charge in [0, 0.05) is 12.2 Å². The molecule has 0 saturated heterocycles. The van der Waals surface area contributed by atoms with Crippen LogP contribution in [0.2, 0.25) is 0 Å². The van der Waals surface area contributed by atoms with Crippen molar-refractivity contribution in [2.24, 2.45) is 7.05 Å². The summed E-state index contributed by atoms with van der Waals surface area (Å²) in [5, 5.41) is 0. The smallest absolute Gasteiger partial charge is 0.429 e. The molecule has 0 aliphatic rings. The molecule has 1 rings (SSSR count). The van der Waals surface area contributed by atoms with Crippen molar-refractivity contribution in [2.45, 2.75) is 5.51 Å². The summed E-state index contributed by atoms with van der Waals surface area (Å²) in [7, 11) is -8.54. The molecular weight excluding hydrogens is 347 g/mol. The van der Waals surface area contributed by atoms with Gasteiger partial charge in [-0.2, -0.15) is 17.7 Å². The maximum absolute atomic E-state index is 11.4. The first-order valence-electron chi connectivity index (χ1n) is 5.04. The van der Waals surface area contributed by atoms with Crippen LogP contribution in [0.5, 0.6) is 0 Å². The number of halogens is 3. The van der Waals surface area contributed by atoms with Crippen LogP contribution in [0.3, 0.4) is 0 Å². The second-order valence-corrected chi connectivity index (χ2v) is 7.07. The zero-order valence-electron chi connectivity index (χ0n) is 11.2. The topological polar surface area (TPSA) is 91.2 Å². The SMILES string of the molecule is C#CC#Cn1cc[n+](C)c1.CS(=O)(=O)[N-]S(=O)(=O)C(F)(F)F. The number of rotatable bonds is 2. The normalized spacial score (nSPS) is 11.5. The first-order chi connectivity index (χ1) is 9.78. The van der Waals surface area contributed by atoms with Gasteiger partial charge in [0.15, 0.2) is 10.0 Å². The van der Waals surface area contributed by atoms with Crippen molar-refractivity contribution in [3.05, 3.63) is 22.8 Å². The number of hydrogen-bond donors (Lipinski definition) is 0. The molecule has 0 aliphatic carbocycles. The summed E-state index contributed by atoms with van der Waals surface area (Å²) in [5.74, 6) is 4.74. The van der Waals surface area contributed by atoms with Crippen LogP contribution in [-0.4, -0.2) is 33.2 Å². The fraction of sp³-hybridized carbons (Fsp3) is 0.300. The molecule has 12 heteroatoms. The van der Waals surface area contributed by atoms with Crippen molar-refractivity contribution in [1.29, 1.82) is 0 Å². The Bertz CT molecular complexity index is 821. The maximum atomic E-state index is 11.4. The number of terminal acetylenes is 1. The molecule has 0 amide bonds. The molecule has 1 aromatic heterocycles. The van der Waals surface area contributed by atoms with Crippen LogP contribution in [0.1, 0.15) is 0 Å². The van der Waals surface area contributed by atoms with Crippen molar-refractivity contribution in [2.75, 3.05) is 6.26 Å². The number of aromatic nitrogens is 2. The Balaban J connectivity index is 0.000000406. The van der Waals surface area contributed by atoms with Gasteiger partial charge in [-0.15, -0.1) is 6.42 Å². The van der Waals surface area contributed by atoms with E-state index in [1.165, 1.54) is 0 Å². The summed E-state index contributed by atoms with van der Waals surface area (Å²) in [6.45, 7) is 0. The van der Waals surface area contributed by atoms with Crippen molar-refractivity contribution < 1.29 is 34.6 Å². The molecule has 1 aromatic rings. The molecule has 0 unspecified atom stereocenters. The number of hydrogen-bond acceptors (Lipinski definition) is 4. The van der Waals surface area contributed by atoms with E-state index >= 15 is 0 Å². The Kier molecular flexibility index (Phi) is 6.64. The number of imidazole rings is 1. The zero-order chi connectivity index (χ0) is 17.6. The molecule has 0 radical (unpaired) electrons. The van der Waals surface area contributed by atoms with E-state index in [9.17, 15) is 30.0 Å². The summed E-state index contributed by atoms with van der Waals surface area (Å²) < 4.78 is 79.6. The molecule has 0 saturated carbocycles. The van der Waals surface area contributed by atoms with Gasteiger partial charge in [-0.05, 0) is 5.92 Å². The summed E-state index contributed by atoms with van der Waals surface area (Å²) in [5.41, 5.74) is -5.67. The molecule has 122 valence electrons. The summed E-state index contributed by atoms with van der Waals surface area (Å²) in [6, 6.07) is 2.72. The third-order valence-electron chi connectivity index (χ3n) is 1.55. The van der Waals surface area contributed by atoms with Crippen LogP contribution in [0.15, 0.2) is 18.7 Å². The van der Waals surface area contributed by atoms with Crippen LogP contribution in [0, 0.1) is 24.3 Å². The Hall–Kier alpha value is -2.02. The second kappa shape index (κ2) is 7.31. The van der Waals surface area contributed by atoms with Gasteiger partial charge in [-0.25, -0.2) is 21.4 Å². The molecule has 0 bridgehead atoms. The molecule has 22 heavy (non-hydrogen) atoms. The zero-order valence-corrected chi connectivity index (χ0v) is 12.9. The lowest BCUT2D eigenvalue weighted by Crippen LogP contribution is -2.23. The molecule has 0 aliphatic heterocycles. The monoisotopic (exact) mass is 357 g/mol. The molecule has 0 atom stereocenters. The minimum atomic E-state index is -5.92. The van der Waals surface area contributed by atoms with Crippen LogP contribution in [-0.2, 0) is 27.1 Å². The third kappa shape index (κ3) is 7.68. The van der Waals surface area contributed by atoms with Gasteiger partial charge in [0.25, 0.3) is 6.33 Å². The average molecular weight is 357 g/mol. The first kappa shape index (κ1) is 20.0. The van der Waals surface area contributed by atoms with Gasteiger partial charge in [-0.1, -0.05) is 0 Å². The van der Waals surface area contributed by atoms with Gasteiger partial charge >= 0.3 is 5.51 Å². The van der Waals surface area contributed by atoms with Crippen LogP contribution < -0.4 is 4.57 Å². The predicted molar refractivity (Wildman–Crippen MR) is 70.8 cm³/mol. The highest BCUT2D eigenvalue weighted by Crippen LogP contribution is 2.29. The molecule has 0 spiro atoms. The maximum Gasteiger partial charge on any atom is 0.480 e. The summed E-state index contributed by atoms with van der Waals surface area (Å²) >= 11 is 0. The minimum absolute atomic E-state index is 0.246. The largest absolute Gasteiger partial charge is 0.480 e. The van der Waals surface area contributed by atoms with E-state index in [2.05, 4.69) is 17.9 Å². The Morgan fingerprint density at radius 1 is 1.27 bits per heavy atom. The molecule has 0 N–H and O–H groups in total. The first-order valence-corrected chi connectivity index (χ1v) is 8.33. The summed E-state index contributed by atoms with van der Waals surface area (Å²) in [6.07, 6.45) is 10.8. The van der Waals surface area contributed by atoms with E-state index in [-0.39, 0.29) is 6.26 Å². The van der Waals surface area contributed by atoms with E-state index in [1.54, 1.807) is 8.69 Å². The lowest BCUT2D eigenvalue weighted by Gasteiger charge is -2.19. The van der Waals surface area contributed by atoms with E-state index in [1.807, 2.05) is 30.3 Å². The van der Waals surface area contributed by atoms with Crippen LogP contribution >= 0.6 is 0 Å². The van der Waals surface area contributed by atoms with E-state index < -0.39 is 25.6 Å². The van der Waals surface area contributed by atoms with Gasteiger partial charge < -0.3 is 4.13 Å². The van der Waals surface area contributed by atoms with Crippen LogP contribution in [0.25, 0.3) is 4.13 Å². The molecule has 0 fully saturated rings. The number of aryl methyl sites for hydroxylation is 1.